The van der Waals surface area contributed by atoms with Crippen LogP contribution in [-0.2, 0) is 0 Å². The fourth-order valence-electron chi connectivity index (χ4n) is 1.37. The van der Waals surface area contributed by atoms with Crippen molar-refractivity contribution in [3.8, 4) is 0 Å². The number of hydrogen-bond acceptors (Lipinski definition) is 1. The average Bonchev–Trinajstić information content (AvgIpc) is 1.90. The second kappa shape index (κ2) is 3.53. The lowest BCUT2D eigenvalue weighted by Crippen LogP contribution is -2.30. The van der Waals surface area contributed by atoms with Crippen molar-refractivity contribution in [2.24, 2.45) is 5.92 Å². The van der Waals surface area contributed by atoms with Crippen molar-refractivity contribution in [1.29, 1.82) is 0 Å². The van der Waals surface area contributed by atoms with Gasteiger partial charge in [-0.3, -0.25) is 0 Å². The van der Waals surface area contributed by atoms with Crippen LogP contribution in [-0.4, -0.2) is 18.7 Å². The van der Waals surface area contributed by atoms with E-state index in [0.717, 1.165) is 11.6 Å². The number of piperidine rings is 1. The van der Waals surface area contributed by atoms with Crippen LogP contribution in [0.2, 0.25) is 0 Å². The lowest BCUT2D eigenvalue weighted by molar-refractivity contribution is 0.372. The minimum Gasteiger partial charge on any atom is -0.317 e. The Morgan fingerprint density at radius 1 is 1.44 bits per heavy atom. The van der Waals surface area contributed by atoms with Gasteiger partial charge in [-0.05, 0) is 37.5 Å². The van der Waals surface area contributed by atoms with Gasteiger partial charge in [0.2, 0.25) is 0 Å². The summed E-state index contributed by atoms with van der Waals surface area (Å²) < 4.78 is 0. The summed E-state index contributed by atoms with van der Waals surface area (Å²) in [6.07, 6.45) is 2.73. The highest BCUT2D eigenvalue weighted by atomic mass is 31.0. The monoisotopic (exact) mass is 145 g/mol. The van der Waals surface area contributed by atoms with Gasteiger partial charge in [0.1, 0.15) is 0 Å². The summed E-state index contributed by atoms with van der Waals surface area (Å²) in [5, 5.41) is 3.36. The second-order valence-corrected chi connectivity index (χ2v) is 4.00. The van der Waals surface area contributed by atoms with Crippen LogP contribution in [0.15, 0.2) is 0 Å². The zero-order valence-corrected chi connectivity index (χ0v) is 7.22. The van der Waals surface area contributed by atoms with Gasteiger partial charge in [0, 0.05) is 0 Å². The third kappa shape index (κ3) is 2.23. The van der Waals surface area contributed by atoms with Crippen LogP contribution in [0.1, 0.15) is 19.8 Å². The van der Waals surface area contributed by atoms with Gasteiger partial charge in [-0.1, -0.05) is 6.92 Å². The van der Waals surface area contributed by atoms with Gasteiger partial charge < -0.3 is 5.32 Å². The van der Waals surface area contributed by atoms with E-state index in [1.54, 1.807) is 0 Å². The molecule has 1 saturated heterocycles. The number of nitrogens with one attached hydrogen (secondary N) is 1. The number of hydrogen-bond donors (Lipinski definition) is 1. The molecular weight excluding hydrogens is 129 g/mol. The fourth-order valence-corrected chi connectivity index (χ4v) is 1.75. The number of rotatable bonds is 1. The molecule has 0 aromatic carbocycles. The molecule has 0 saturated carbocycles. The van der Waals surface area contributed by atoms with E-state index in [-0.39, 0.29) is 0 Å². The highest BCUT2D eigenvalue weighted by Crippen LogP contribution is 2.21. The predicted octanol–water partition coefficient (Wildman–Crippen LogP) is 1.25. The van der Waals surface area contributed by atoms with Gasteiger partial charge in [0.15, 0.2) is 0 Å². The minimum atomic E-state index is 0.812. The Labute approximate surface area is 59.8 Å². The summed E-state index contributed by atoms with van der Waals surface area (Å²) in [5.41, 5.74) is 0.812. The van der Waals surface area contributed by atoms with Crippen molar-refractivity contribution in [1.82, 2.24) is 5.32 Å². The largest absolute Gasteiger partial charge is 0.317 e. The Morgan fingerprint density at radius 2 is 2.00 bits per heavy atom. The van der Waals surface area contributed by atoms with Crippen LogP contribution in [0.5, 0.6) is 0 Å². The SMILES string of the molecule is C[C@H](P)C1CCNCC1. The van der Waals surface area contributed by atoms with Crippen molar-refractivity contribution in [2.75, 3.05) is 13.1 Å². The van der Waals surface area contributed by atoms with Crippen LogP contribution in [0, 0.1) is 5.92 Å². The van der Waals surface area contributed by atoms with E-state index in [0.29, 0.717) is 0 Å². The summed E-state index contributed by atoms with van der Waals surface area (Å²) in [7, 11) is 2.90. The van der Waals surface area contributed by atoms with Gasteiger partial charge in [0.05, 0.1) is 0 Å². The molecule has 0 aliphatic carbocycles. The first kappa shape index (κ1) is 7.50. The molecule has 1 aliphatic rings. The Bertz CT molecular complexity index is 77.0. The van der Waals surface area contributed by atoms with E-state index in [9.17, 15) is 0 Å². The van der Waals surface area contributed by atoms with Gasteiger partial charge in [-0.2, -0.15) is 0 Å². The lowest BCUT2D eigenvalue weighted by Gasteiger charge is -2.25. The molecule has 0 spiro atoms. The van der Waals surface area contributed by atoms with Crippen LogP contribution in [0.25, 0.3) is 0 Å². The van der Waals surface area contributed by atoms with Crippen LogP contribution in [0.3, 0.4) is 0 Å². The smallest absolute Gasteiger partial charge is 0.00460 e. The summed E-state index contributed by atoms with van der Waals surface area (Å²) in [6.45, 7) is 4.74. The van der Waals surface area contributed by atoms with Crippen LogP contribution >= 0.6 is 9.24 Å². The first-order valence-electron chi connectivity index (χ1n) is 3.77. The summed E-state index contributed by atoms with van der Waals surface area (Å²) in [6, 6.07) is 0. The van der Waals surface area contributed by atoms with E-state index >= 15 is 0 Å². The molecule has 1 heterocycles. The predicted molar refractivity (Wildman–Crippen MR) is 44.8 cm³/mol. The fraction of sp³-hybridized carbons (Fsp3) is 1.00. The van der Waals surface area contributed by atoms with E-state index < -0.39 is 0 Å². The molecular formula is C7H16NP. The zero-order valence-electron chi connectivity index (χ0n) is 6.06. The average molecular weight is 145 g/mol. The standard InChI is InChI=1S/C7H16NP/c1-6(9)7-2-4-8-5-3-7/h6-8H,2-5,9H2,1H3/t6-/m0/s1. The summed E-state index contributed by atoms with van der Waals surface area (Å²) in [5.74, 6) is 0.955. The third-order valence-corrected chi connectivity index (χ3v) is 2.67. The molecule has 0 amide bonds. The van der Waals surface area contributed by atoms with Crippen molar-refractivity contribution in [3.63, 3.8) is 0 Å². The molecule has 1 fully saturated rings. The van der Waals surface area contributed by atoms with Crippen molar-refractivity contribution < 1.29 is 0 Å². The first-order valence-corrected chi connectivity index (χ1v) is 4.43. The maximum Gasteiger partial charge on any atom is -0.00460 e. The second-order valence-electron chi connectivity index (χ2n) is 2.95. The molecule has 1 unspecified atom stereocenters. The molecule has 54 valence electrons. The Balaban J connectivity index is 2.23. The molecule has 1 nitrogen and oxygen atoms in total. The molecule has 0 aromatic heterocycles. The molecule has 0 radical (unpaired) electrons. The maximum absolute atomic E-state index is 3.36. The molecule has 2 atom stereocenters. The first-order chi connectivity index (χ1) is 4.30. The third-order valence-electron chi connectivity index (χ3n) is 2.13. The van der Waals surface area contributed by atoms with Gasteiger partial charge in [-0.15, -0.1) is 9.24 Å². The molecule has 1 N–H and O–H groups in total. The molecule has 1 rings (SSSR count). The van der Waals surface area contributed by atoms with Gasteiger partial charge in [-0.25, -0.2) is 0 Å². The Kier molecular flexibility index (Phi) is 2.94. The normalized spacial score (nSPS) is 26.0. The highest BCUT2D eigenvalue weighted by Gasteiger charge is 2.15. The molecule has 2 heteroatoms. The van der Waals surface area contributed by atoms with E-state index in [1.165, 1.54) is 25.9 Å². The van der Waals surface area contributed by atoms with Crippen molar-refractivity contribution in [2.45, 2.75) is 25.4 Å². The molecule has 9 heavy (non-hydrogen) atoms. The summed E-state index contributed by atoms with van der Waals surface area (Å²) >= 11 is 0. The van der Waals surface area contributed by atoms with Crippen LogP contribution < -0.4 is 5.32 Å². The summed E-state index contributed by atoms with van der Waals surface area (Å²) in [4.78, 5) is 0. The van der Waals surface area contributed by atoms with Gasteiger partial charge in [0.25, 0.3) is 0 Å². The highest BCUT2D eigenvalue weighted by molar-refractivity contribution is 7.17. The molecule has 0 aromatic rings. The van der Waals surface area contributed by atoms with Crippen molar-refractivity contribution >= 4 is 9.24 Å². The Morgan fingerprint density at radius 3 is 2.33 bits per heavy atom. The van der Waals surface area contributed by atoms with E-state index in [2.05, 4.69) is 21.5 Å². The maximum atomic E-state index is 3.36. The molecule has 0 bridgehead atoms. The topological polar surface area (TPSA) is 12.0 Å². The lowest BCUT2D eigenvalue weighted by atomic mass is 9.95. The van der Waals surface area contributed by atoms with Crippen LogP contribution in [0.4, 0.5) is 0 Å². The van der Waals surface area contributed by atoms with E-state index in [1.807, 2.05) is 0 Å². The van der Waals surface area contributed by atoms with Crippen molar-refractivity contribution in [3.05, 3.63) is 0 Å². The Hall–Kier alpha value is 0.390. The zero-order chi connectivity index (χ0) is 6.69. The molecule has 1 aliphatic heterocycles. The quantitative estimate of drug-likeness (QED) is 0.547. The van der Waals surface area contributed by atoms with Gasteiger partial charge >= 0.3 is 0 Å². The minimum absolute atomic E-state index is 0.812. The van der Waals surface area contributed by atoms with E-state index in [4.69, 9.17) is 0 Å².